The van der Waals surface area contributed by atoms with Crippen LogP contribution in [0.15, 0.2) is 30.3 Å². The molecule has 1 aromatic rings. The van der Waals surface area contributed by atoms with Gasteiger partial charge in [-0.1, -0.05) is 30.3 Å². The molecule has 0 amide bonds. The highest BCUT2D eigenvalue weighted by Crippen LogP contribution is 2.15. The van der Waals surface area contributed by atoms with Crippen LogP contribution >= 0.6 is 11.8 Å². The van der Waals surface area contributed by atoms with Gasteiger partial charge in [-0.2, -0.15) is 0 Å². The van der Waals surface area contributed by atoms with Crippen LogP contribution in [-0.2, 0) is 15.3 Å². The van der Waals surface area contributed by atoms with Crippen LogP contribution in [0, 0.1) is 0 Å². The molecule has 2 N–H and O–H groups in total. The van der Waals surface area contributed by atoms with Crippen molar-refractivity contribution in [3.63, 3.8) is 0 Å². The van der Waals surface area contributed by atoms with Gasteiger partial charge in [0.1, 0.15) is 0 Å². The van der Waals surface area contributed by atoms with Crippen LogP contribution in [0.5, 0.6) is 0 Å². The van der Waals surface area contributed by atoms with Crippen LogP contribution in [0.25, 0.3) is 0 Å². The molecule has 0 bridgehead atoms. The van der Waals surface area contributed by atoms with E-state index in [2.05, 4.69) is 4.74 Å². The molecule has 0 saturated heterocycles. The van der Waals surface area contributed by atoms with E-state index in [0.29, 0.717) is 0 Å². The van der Waals surface area contributed by atoms with E-state index in [1.807, 2.05) is 30.3 Å². The Labute approximate surface area is 87.6 Å². The summed E-state index contributed by atoms with van der Waals surface area (Å²) in [5.74, 6) is 0.336. The molecule has 0 radical (unpaired) electrons. The fraction of sp³-hybridized carbons (Fsp3) is 0.300. The molecule has 4 heteroatoms. The lowest BCUT2D eigenvalue weighted by atomic mass is 10.2. The maximum atomic E-state index is 11.0. The van der Waals surface area contributed by atoms with Crippen molar-refractivity contribution in [3.05, 3.63) is 35.9 Å². The molecule has 1 atom stereocenters. The normalized spacial score (nSPS) is 12.1. The van der Waals surface area contributed by atoms with Gasteiger partial charge in [-0.05, 0) is 5.56 Å². The quantitative estimate of drug-likeness (QED) is 0.604. The van der Waals surface area contributed by atoms with Gasteiger partial charge in [0.05, 0.1) is 7.11 Å². The second-order valence-electron chi connectivity index (χ2n) is 2.74. The van der Waals surface area contributed by atoms with Gasteiger partial charge in [0.25, 0.3) is 0 Å². The summed E-state index contributed by atoms with van der Waals surface area (Å²) in [6, 6.07) is 9.86. The van der Waals surface area contributed by atoms with Gasteiger partial charge < -0.3 is 10.5 Å². The minimum absolute atomic E-state index is 0.383. The number of carbonyl (C=O) groups excluding carboxylic acids is 1. The summed E-state index contributed by atoms with van der Waals surface area (Å²) in [6.45, 7) is 0. The number of ether oxygens (including phenoxy) is 1. The van der Waals surface area contributed by atoms with Crippen molar-refractivity contribution < 1.29 is 9.53 Å². The number of hydrogen-bond donors (Lipinski definition) is 1. The summed E-state index contributed by atoms with van der Waals surface area (Å²) in [6.07, 6.45) is 0. The first-order valence-corrected chi connectivity index (χ1v) is 5.28. The summed E-state index contributed by atoms with van der Waals surface area (Å²) in [5.41, 5.74) is 6.71. The maximum Gasteiger partial charge on any atom is 0.333 e. The lowest BCUT2D eigenvalue weighted by Gasteiger charge is -2.08. The van der Waals surface area contributed by atoms with Crippen LogP contribution in [0.2, 0.25) is 0 Å². The summed E-state index contributed by atoms with van der Waals surface area (Å²) < 4.78 is 4.52. The zero-order chi connectivity index (χ0) is 10.4. The molecule has 1 rings (SSSR count). The molecule has 76 valence electrons. The Balaban J connectivity index is 2.38. The average Bonchev–Trinajstić information content (AvgIpc) is 2.26. The zero-order valence-electron chi connectivity index (χ0n) is 7.97. The highest BCUT2D eigenvalue weighted by molar-refractivity contribution is 7.99. The minimum Gasteiger partial charge on any atom is -0.467 e. The van der Waals surface area contributed by atoms with Crippen molar-refractivity contribution >= 4 is 17.7 Å². The van der Waals surface area contributed by atoms with E-state index in [-0.39, 0.29) is 5.97 Å². The Hall–Kier alpha value is -1.00. The first kappa shape index (κ1) is 11.1. The van der Waals surface area contributed by atoms with Gasteiger partial charge in [-0.15, -0.1) is 11.8 Å². The zero-order valence-corrected chi connectivity index (χ0v) is 8.79. The highest BCUT2D eigenvalue weighted by Gasteiger charge is 2.13. The number of benzene rings is 1. The van der Waals surface area contributed by atoms with Crippen LogP contribution in [0.4, 0.5) is 0 Å². The largest absolute Gasteiger partial charge is 0.467 e. The van der Waals surface area contributed by atoms with Crippen molar-refractivity contribution in [3.8, 4) is 0 Å². The number of hydrogen-bond acceptors (Lipinski definition) is 4. The van der Waals surface area contributed by atoms with E-state index in [1.165, 1.54) is 18.9 Å². The molecule has 0 heterocycles. The second kappa shape index (κ2) is 5.67. The van der Waals surface area contributed by atoms with Gasteiger partial charge in [0.2, 0.25) is 0 Å². The number of rotatable bonds is 4. The third-order valence-corrected chi connectivity index (χ3v) is 2.76. The molecule has 14 heavy (non-hydrogen) atoms. The van der Waals surface area contributed by atoms with Gasteiger partial charge in [0.15, 0.2) is 5.37 Å². The summed E-state index contributed by atoms with van der Waals surface area (Å²) in [5, 5.41) is -0.597. The molecule has 0 spiro atoms. The van der Waals surface area contributed by atoms with E-state index in [4.69, 9.17) is 5.73 Å². The van der Waals surface area contributed by atoms with E-state index in [0.717, 1.165) is 11.3 Å². The monoisotopic (exact) mass is 211 g/mol. The van der Waals surface area contributed by atoms with E-state index >= 15 is 0 Å². The average molecular weight is 211 g/mol. The Morgan fingerprint density at radius 3 is 2.71 bits per heavy atom. The van der Waals surface area contributed by atoms with Gasteiger partial charge in [0, 0.05) is 5.75 Å². The molecule has 1 aromatic carbocycles. The number of nitrogens with two attached hydrogens (primary N) is 1. The first-order chi connectivity index (χ1) is 6.74. The lowest BCUT2D eigenvalue weighted by Crippen LogP contribution is -2.28. The topological polar surface area (TPSA) is 52.3 Å². The van der Waals surface area contributed by atoms with E-state index in [1.54, 1.807) is 0 Å². The maximum absolute atomic E-state index is 11.0. The molecule has 0 aliphatic carbocycles. The SMILES string of the molecule is COC(=O)[C@@H](N)SCc1ccccc1. The van der Waals surface area contributed by atoms with Crippen LogP contribution in [0.1, 0.15) is 5.56 Å². The molecule has 0 aliphatic rings. The van der Waals surface area contributed by atoms with Crippen molar-refractivity contribution in [1.82, 2.24) is 0 Å². The fourth-order valence-electron chi connectivity index (χ4n) is 0.944. The fourth-order valence-corrected chi connectivity index (χ4v) is 1.74. The van der Waals surface area contributed by atoms with Gasteiger partial charge in [-0.25, -0.2) is 4.79 Å². The number of methoxy groups -OCH3 is 1. The van der Waals surface area contributed by atoms with Crippen LogP contribution in [-0.4, -0.2) is 18.5 Å². The Kier molecular flexibility index (Phi) is 4.49. The van der Waals surface area contributed by atoms with Crippen LogP contribution in [0.3, 0.4) is 0 Å². The Morgan fingerprint density at radius 2 is 2.14 bits per heavy atom. The predicted octanol–water partition coefficient (Wildman–Crippen LogP) is 1.38. The van der Waals surface area contributed by atoms with Gasteiger partial charge >= 0.3 is 5.97 Å². The van der Waals surface area contributed by atoms with Crippen molar-refractivity contribution in [1.29, 1.82) is 0 Å². The molecule has 0 unspecified atom stereocenters. The standard InChI is InChI=1S/C10H13NO2S/c1-13-10(12)9(11)14-7-8-5-3-2-4-6-8/h2-6,9H,7,11H2,1H3/t9-/m0/s1. The highest BCUT2D eigenvalue weighted by atomic mass is 32.2. The molecule has 0 saturated carbocycles. The number of thioether (sulfide) groups is 1. The molecular weight excluding hydrogens is 198 g/mol. The van der Waals surface area contributed by atoms with Gasteiger partial charge in [-0.3, -0.25) is 0 Å². The number of esters is 1. The Morgan fingerprint density at radius 1 is 1.50 bits per heavy atom. The molecular formula is C10H13NO2S. The second-order valence-corrected chi connectivity index (χ2v) is 3.87. The third-order valence-electron chi connectivity index (χ3n) is 1.71. The predicted molar refractivity (Wildman–Crippen MR) is 57.7 cm³/mol. The van der Waals surface area contributed by atoms with Crippen molar-refractivity contribution in [2.45, 2.75) is 11.1 Å². The van der Waals surface area contributed by atoms with Crippen LogP contribution < -0.4 is 5.73 Å². The minimum atomic E-state index is -0.597. The van der Waals surface area contributed by atoms with E-state index < -0.39 is 5.37 Å². The smallest absolute Gasteiger partial charge is 0.333 e. The molecule has 3 nitrogen and oxygen atoms in total. The van der Waals surface area contributed by atoms with E-state index in [9.17, 15) is 4.79 Å². The number of carbonyl (C=O) groups is 1. The lowest BCUT2D eigenvalue weighted by molar-refractivity contribution is -0.139. The Bertz CT molecular complexity index is 289. The summed E-state index contributed by atoms with van der Waals surface area (Å²) in [7, 11) is 1.34. The third kappa shape index (κ3) is 3.40. The molecule has 0 aromatic heterocycles. The van der Waals surface area contributed by atoms with Crippen molar-refractivity contribution in [2.24, 2.45) is 5.73 Å². The summed E-state index contributed by atoms with van der Waals surface area (Å²) >= 11 is 1.37. The van der Waals surface area contributed by atoms with Crippen molar-refractivity contribution in [2.75, 3.05) is 7.11 Å². The first-order valence-electron chi connectivity index (χ1n) is 4.23. The summed E-state index contributed by atoms with van der Waals surface area (Å²) in [4.78, 5) is 11.0. The molecule has 0 fully saturated rings. The molecule has 0 aliphatic heterocycles.